The average molecular weight is 439 g/mol. The maximum Gasteiger partial charge on any atom is 0.233 e. The molecule has 162 valence electrons. The second kappa shape index (κ2) is 8.38. The molecule has 5 nitrogen and oxygen atoms in total. The number of halogens is 1. The van der Waals surface area contributed by atoms with Gasteiger partial charge in [-0.05, 0) is 70.4 Å². The molecule has 1 aliphatic rings. The molecule has 3 aromatic rings. The normalized spacial score (nSPS) is 16.5. The molecule has 1 N–H and O–H groups in total. The fraction of sp³-hybridized carbons (Fsp3) is 0.375. The van der Waals surface area contributed by atoms with E-state index in [9.17, 15) is 9.18 Å². The summed E-state index contributed by atoms with van der Waals surface area (Å²) in [4.78, 5) is 25.8. The smallest absolute Gasteiger partial charge is 0.233 e. The third kappa shape index (κ3) is 4.46. The van der Waals surface area contributed by atoms with Gasteiger partial charge in [0.1, 0.15) is 5.82 Å². The Kier molecular flexibility index (Phi) is 5.79. The van der Waals surface area contributed by atoms with Crippen molar-refractivity contribution < 1.29 is 9.18 Å². The minimum absolute atomic E-state index is 0.00559. The van der Waals surface area contributed by atoms with Crippen LogP contribution in [0.5, 0.6) is 0 Å². The number of nitrogens with zero attached hydrogens (tertiary/aromatic N) is 3. The highest BCUT2D eigenvalue weighted by Crippen LogP contribution is 2.37. The quantitative estimate of drug-likeness (QED) is 0.557. The number of nitrogens with one attached hydrogen (secondary N) is 1. The summed E-state index contributed by atoms with van der Waals surface area (Å²) in [5, 5.41) is 4.19. The van der Waals surface area contributed by atoms with E-state index in [1.54, 1.807) is 17.4 Å². The number of carbonyl (C=O) groups excluding carboxylic acids is 1. The third-order valence-corrected chi connectivity index (χ3v) is 6.61. The van der Waals surface area contributed by atoms with Crippen LogP contribution in [0.15, 0.2) is 42.6 Å². The highest BCUT2D eigenvalue weighted by atomic mass is 32.1. The molecule has 4 rings (SSSR count). The summed E-state index contributed by atoms with van der Waals surface area (Å²) in [6.45, 7) is 8.38. The Labute approximate surface area is 186 Å². The van der Waals surface area contributed by atoms with Crippen LogP contribution in [0.2, 0.25) is 0 Å². The number of hydrogen-bond donors (Lipinski definition) is 1. The van der Waals surface area contributed by atoms with Gasteiger partial charge in [0.25, 0.3) is 0 Å². The lowest BCUT2D eigenvalue weighted by Gasteiger charge is -2.33. The van der Waals surface area contributed by atoms with Crippen LogP contribution in [-0.4, -0.2) is 27.3 Å². The summed E-state index contributed by atoms with van der Waals surface area (Å²) < 4.78 is 13.8. The van der Waals surface area contributed by atoms with E-state index in [-0.39, 0.29) is 17.8 Å². The van der Waals surface area contributed by atoms with Crippen LogP contribution in [0.4, 0.5) is 15.2 Å². The molecule has 1 amide bonds. The Balaban J connectivity index is 1.61. The summed E-state index contributed by atoms with van der Waals surface area (Å²) in [7, 11) is 0. The molecule has 0 unspecified atom stereocenters. The van der Waals surface area contributed by atoms with Crippen molar-refractivity contribution in [2.24, 2.45) is 0 Å². The predicted molar refractivity (Wildman–Crippen MR) is 122 cm³/mol. The zero-order valence-electron chi connectivity index (χ0n) is 18.3. The minimum atomic E-state index is -0.825. The van der Waals surface area contributed by atoms with Crippen LogP contribution in [0.1, 0.15) is 54.6 Å². The number of aromatic nitrogens is 2. The van der Waals surface area contributed by atoms with E-state index in [4.69, 9.17) is 4.98 Å². The Morgan fingerprint density at radius 2 is 2.06 bits per heavy atom. The fourth-order valence-electron chi connectivity index (χ4n) is 4.15. The van der Waals surface area contributed by atoms with E-state index in [0.29, 0.717) is 12.1 Å². The van der Waals surface area contributed by atoms with Gasteiger partial charge in [-0.2, -0.15) is 0 Å². The first-order valence-electron chi connectivity index (χ1n) is 10.5. The van der Waals surface area contributed by atoms with Gasteiger partial charge in [0.05, 0.1) is 17.2 Å². The molecule has 3 heterocycles. The molecule has 1 fully saturated rings. The number of likely N-dealkylation sites (tertiary alicyclic amines) is 1. The highest BCUT2D eigenvalue weighted by molar-refractivity contribution is 7.15. The molecule has 0 aliphatic carbocycles. The average Bonchev–Trinajstić information content (AvgIpc) is 3.36. The van der Waals surface area contributed by atoms with Crippen molar-refractivity contribution in [1.82, 2.24) is 14.9 Å². The van der Waals surface area contributed by atoms with E-state index in [0.717, 1.165) is 39.9 Å². The number of pyridine rings is 1. The number of rotatable bonds is 5. The zero-order valence-corrected chi connectivity index (χ0v) is 19.1. The molecule has 1 saturated heterocycles. The standard InChI is InChI=1S/C24H27FN4OS/c1-15-11-19(28-23-26-14-16(2)31-23)13-20(27-15)21-9-6-10-29(21)22(30)24(3,4)17-7-5-8-18(25)12-17/h5,7-8,11-14,21H,6,9-10H2,1-4H3,(H,26,27,28)/t21-/m1/s1. The summed E-state index contributed by atoms with van der Waals surface area (Å²) in [5.41, 5.74) is 2.53. The molecular weight excluding hydrogens is 411 g/mol. The van der Waals surface area contributed by atoms with Crippen LogP contribution < -0.4 is 5.32 Å². The van der Waals surface area contributed by atoms with Crippen LogP contribution in [0.3, 0.4) is 0 Å². The molecule has 1 aromatic carbocycles. The molecule has 0 spiro atoms. The summed E-state index contributed by atoms with van der Waals surface area (Å²) in [6.07, 6.45) is 3.62. The van der Waals surface area contributed by atoms with Gasteiger partial charge in [-0.25, -0.2) is 9.37 Å². The zero-order chi connectivity index (χ0) is 22.2. The van der Waals surface area contributed by atoms with Gasteiger partial charge in [0, 0.05) is 29.0 Å². The van der Waals surface area contributed by atoms with Crippen molar-refractivity contribution >= 4 is 28.1 Å². The summed E-state index contributed by atoms with van der Waals surface area (Å²) in [6, 6.07) is 10.2. The monoisotopic (exact) mass is 438 g/mol. The topological polar surface area (TPSA) is 58.1 Å². The Morgan fingerprint density at radius 3 is 2.77 bits per heavy atom. The number of benzene rings is 1. The second-order valence-corrected chi connectivity index (χ2v) is 9.85. The Morgan fingerprint density at radius 1 is 1.26 bits per heavy atom. The fourth-order valence-corrected chi connectivity index (χ4v) is 4.83. The largest absolute Gasteiger partial charge is 0.333 e. The van der Waals surface area contributed by atoms with Crippen molar-refractivity contribution in [3.63, 3.8) is 0 Å². The van der Waals surface area contributed by atoms with Crippen LogP contribution in [0.25, 0.3) is 0 Å². The van der Waals surface area contributed by atoms with E-state index in [2.05, 4.69) is 10.3 Å². The number of aryl methyl sites for hydroxylation is 2. The lowest BCUT2D eigenvalue weighted by molar-refractivity contribution is -0.137. The SMILES string of the molecule is Cc1cc(Nc2ncc(C)s2)cc([C@H]2CCCN2C(=O)C(C)(C)c2cccc(F)c2)n1. The van der Waals surface area contributed by atoms with Gasteiger partial charge in [-0.1, -0.05) is 12.1 Å². The lowest BCUT2D eigenvalue weighted by atomic mass is 9.83. The first kappa shape index (κ1) is 21.4. The van der Waals surface area contributed by atoms with Gasteiger partial charge in [-0.3, -0.25) is 9.78 Å². The molecule has 0 bridgehead atoms. The molecular formula is C24H27FN4OS. The first-order chi connectivity index (χ1) is 14.7. The molecule has 2 aromatic heterocycles. The summed E-state index contributed by atoms with van der Waals surface area (Å²) in [5.74, 6) is -0.334. The van der Waals surface area contributed by atoms with Gasteiger partial charge >= 0.3 is 0 Å². The first-order valence-corrected chi connectivity index (χ1v) is 11.3. The van der Waals surface area contributed by atoms with E-state index in [1.807, 2.05) is 57.0 Å². The second-order valence-electron chi connectivity index (χ2n) is 8.62. The Hall–Kier alpha value is -2.80. The molecule has 1 aliphatic heterocycles. The molecule has 31 heavy (non-hydrogen) atoms. The van der Waals surface area contributed by atoms with Crippen molar-refractivity contribution in [1.29, 1.82) is 0 Å². The van der Waals surface area contributed by atoms with Crippen LogP contribution in [0, 0.1) is 19.7 Å². The Bertz CT molecular complexity index is 1110. The van der Waals surface area contributed by atoms with E-state index >= 15 is 0 Å². The van der Waals surface area contributed by atoms with Gasteiger partial charge < -0.3 is 10.2 Å². The maximum atomic E-state index is 13.8. The maximum absolute atomic E-state index is 13.8. The highest BCUT2D eigenvalue weighted by Gasteiger charge is 2.40. The number of amides is 1. The predicted octanol–water partition coefficient (Wildman–Crippen LogP) is 5.68. The van der Waals surface area contributed by atoms with Gasteiger partial charge in [0.15, 0.2) is 5.13 Å². The van der Waals surface area contributed by atoms with Crippen LogP contribution in [-0.2, 0) is 10.2 Å². The van der Waals surface area contributed by atoms with Gasteiger partial charge in [-0.15, -0.1) is 11.3 Å². The van der Waals surface area contributed by atoms with Crippen molar-refractivity contribution in [2.45, 2.75) is 52.0 Å². The molecule has 7 heteroatoms. The van der Waals surface area contributed by atoms with Crippen molar-refractivity contribution in [3.05, 3.63) is 70.2 Å². The molecule has 1 atom stereocenters. The van der Waals surface area contributed by atoms with Crippen molar-refractivity contribution in [3.8, 4) is 0 Å². The van der Waals surface area contributed by atoms with Crippen LogP contribution >= 0.6 is 11.3 Å². The van der Waals surface area contributed by atoms with E-state index in [1.165, 1.54) is 12.1 Å². The number of carbonyl (C=O) groups is 1. The van der Waals surface area contributed by atoms with E-state index < -0.39 is 5.41 Å². The lowest BCUT2D eigenvalue weighted by Crippen LogP contribution is -2.43. The third-order valence-electron chi connectivity index (χ3n) is 5.78. The van der Waals surface area contributed by atoms with Gasteiger partial charge in [0.2, 0.25) is 5.91 Å². The number of anilines is 2. The number of hydrogen-bond acceptors (Lipinski definition) is 5. The summed E-state index contributed by atoms with van der Waals surface area (Å²) >= 11 is 1.60. The number of thiazole rings is 1. The molecule has 0 saturated carbocycles. The minimum Gasteiger partial charge on any atom is -0.333 e. The molecule has 0 radical (unpaired) electrons. The van der Waals surface area contributed by atoms with Crippen molar-refractivity contribution in [2.75, 3.05) is 11.9 Å².